The molecule has 2 aliphatic rings. The van der Waals surface area contributed by atoms with Crippen LogP contribution in [0.2, 0.25) is 0 Å². The second kappa shape index (κ2) is 7.44. The fourth-order valence-corrected chi connectivity index (χ4v) is 4.45. The zero-order valence-corrected chi connectivity index (χ0v) is 15.9. The fraction of sp³-hybridized carbons (Fsp3) is 0.778. The lowest BCUT2D eigenvalue weighted by Crippen LogP contribution is -2.36. The molecule has 142 valence electrons. The van der Waals surface area contributed by atoms with E-state index in [1.165, 1.54) is 19.3 Å². The molecule has 1 saturated carbocycles. The summed E-state index contributed by atoms with van der Waals surface area (Å²) >= 11 is 0. The van der Waals surface area contributed by atoms with Crippen molar-refractivity contribution in [1.29, 1.82) is 0 Å². The predicted octanol–water partition coefficient (Wildman–Crippen LogP) is 1.44. The van der Waals surface area contributed by atoms with Gasteiger partial charge < -0.3 is 9.88 Å². The topological polar surface area (TPSA) is 76.7 Å². The van der Waals surface area contributed by atoms with Gasteiger partial charge in [0.25, 0.3) is 0 Å². The summed E-state index contributed by atoms with van der Waals surface area (Å²) in [7, 11) is 0. The molecule has 4 rings (SSSR count). The third-order valence-electron chi connectivity index (χ3n) is 6.06. The van der Waals surface area contributed by atoms with E-state index in [2.05, 4.69) is 55.3 Å². The largest absolute Gasteiger partial charge is 0.334 e. The van der Waals surface area contributed by atoms with E-state index in [0.29, 0.717) is 11.5 Å². The second-order valence-corrected chi connectivity index (χ2v) is 7.69. The molecule has 1 aliphatic carbocycles. The summed E-state index contributed by atoms with van der Waals surface area (Å²) in [5.74, 6) is 2.11. The third kappa shape index (κ3) is 3.40. The van der Waals surface area contributed by atoms with Crippen LogP contribution in [0.3, 0.4) is 0 Å². The quantitative estimate of drug-likeness (QED) is 0.770. The van der Waals surface area contributed by atoms with Crippen LogP contribution in [-0.2, 0) is 26.2 Å². The molecule has 3 heterocycles. The summed E-state index contributed by atoms with van der Waals surface area (Å²) in [4.78, 5) is 7.18. The van der Waals surface area contributed by atoms with Crippen LogP contribution in [0.5, 0.6) is 0 Å². The lowest BCUT2D eigenvalue weighted by Gasteiger charge is -2.29. The van der Waals surface area contributed by atoms with Gasteiger partial charge in [0.2, 0.25) is 0 Å². The van der Waals surface area contributed by atoms with Crippen molar-refractivity contribution in [2.75, 3.05) is 13.1 Å². The summed E-state index contributed by atoms with van der Waals surface area (Å²) in [6.07, 6.45) is 8.86. The van der Waals surface area contributed by atoms with Crippen molar-refractivity contribution in [3.05, 3.63) is 24.0 Å². The lowest BCUT2D eigenvalue weighted by atomic mass is 9.93. The van der Waals surface area contributed by atoms with Crippen molar-refractivity contribution >= 4 is 0 Å². The van der Waals surface area contributed by atoms with E-state index in [1.807, 2.05) is 10.9 Å². The van der Waals surface area contributed by atoms with E-state index in [4.69, 9.17) is 0 Å². The molecule has 0 amide bonds. The molecule has 2 aromatic rings. The molecule has 1 spiro atoms. The molecule has 26 heavy (non-hydrogen) atoms. The molecule has 0 aromatic carbocycles. The lowest BCUT2D eigenvalue weighted by molar-refractivity contribution is 0.175. The van der Waals surface area contributed by atoms with Gasteiger partial charge in [0.15, 0.2) is 5.82 Å². The van der Waals surface area contributed by atoms with Gasteiger partial charge in [-0.2, -0.15) is 0 Å². The van der Waals surface area contributed by atoms with Gasteiger partial charge in [-0.3, -0.25) is 4.90 Å². The van der Waals surface area contributed by atoms with Crippen molar-refractivity contribution in [3.8, 4) is 0 Å². The highest BCUT2D eigenvalue weighted by molar-refractivity contribution is 5.11. The Labute approximate surface area is 155 Å². The molecule has 2 fully saturated rings. The molecule has 1 N–H and O–H groups in total. The van der Waals surface area contributed by atoms with Crippen LogP contribution in [0.15, 0.2) is 12.4 Å². The number of hydrogen-bond acceptors (Lipinski definition) is 6. The van der Waals surface area contributed by atoms with Gasteiger partial charge in [-0.05, 0) is 61.5 Å². The molecule has 1 aliphatic heterocycles. The van der Waals surface area contributed by atoms with E-state index in [9.17, 15) is 0 Å². The van der Waals surface area contributed by atoms with Crippen LogP contribution in [0, 0.1) is 5.41 Å². The van der Waals surface area contributed by atoms with Gasteiger partial charge in [-0.1, -0.05) is 6.92 Å². The van der Waals surface area contributed by atoms with Crippen molar-refractivity contribution < 1.29 is 0 Å². The Morgan fingerprint density at radius 3 is 2.81 bits per heavy atom. The maximum atomic E-state index is 4.61. The van der Waals surface area contributed by atoms with E-state index in [-0.39, 0.29) is 0 Å². The number of piperidine rings is 1. The van der Waals surface area contributed by atoms with Crippen LogP contribution >= 0.6 is 0 Å². The number of rotatable bonds is 8. The summed E-state index contributed by atoms with van der Waals surface area (Å²) in [5.41, 5.74) is 0.484. The van der Waals surface area contributed by atoms with Crippen molar-refractivity contribution in [2.45, 2.75) is 71.8 Å². The molecule has 1 atom stereocenters. The Hall–Kier alpha value is -1.80. The summed E-state index contributed by atoms with van der Waals surface area (Å²) < 4.78 is 4.19. The van der Waals surface area contributed by atoms with Crippen molar-refractivity contribution in [3.63, 3.8) is 0 Å². The first-order valence-electron chi connectivity index (χ1n) is 9.95. The predicted molar refractivity (Wildman–Crippen MR) is 98.2 cm³/mol. The van der Waals surface area contributed by atoms with Crippen molar-refractivity contribution in [2.24, 2.45) is 5.41 Å². The van der Waals surface area contributed by atoms with Gasteiger partial charge in [-0.25, -0.2) is 9.67 Å². The Morgan fingerprint density at radius 1 is 1.23 bits per heavy atom. The zero-order valence-electron chi connectivity index (χ0n) is 15.9. The van der Waals surface area contributed by atoms with E-state index < -0.39 is 0 Å². The van der Waals surface area contributed by atoms with Crippen LogP contribution < -0.4 is 5.32 Å². The maximum Gasteiger partial charge on any atom is 0.165 e. The molecule has 0 radical (unpaired) electrons. The Bertz CT molecular complexity index is 714. The number of nitrogens with zero attached hydrogens (tertiary/aromatic N) is 7. The number of tetrazole rings is 1. The third-order valence-corrected chi connectivity index (χ3v) is 6.06. The summed E-state index contributed by atoms with van der Waals surface area (Å²) in [6, 6.07) is 0.610. The first-order valence-corrected chi connectivity index (χ1v) is 9.95. The number of aromatic nitrogens is 6. The highest BCUT2D eigenvalue weighted by Crippen LogP contribution is 2.56. The minimum absolute atomic E-state index is 0.484. The molecular formula is C18H30N8. The number of hydrogen-bond donors (Lipinski definition) is 1. The highest BCUT2D eigenvalue weighted by Gasteiger charge is 2.56. The molecule has 1 unspecified atom stereocenters. The number of aryl methyl sites for hydroxylation is 2. The smallest absolute Gasteiger partial charge is 0.165 e. The molecule has 8 nitrogen and oxygen atoms in total. The van der Waals surface area contributed by atoms with Crippen LogP contribution in [-0.4, -0.2) is 53.8 Å². The standard InChI is InChI=1S/C18H30N8/c1-3-10-26-17(21-22-23-26)14-25(13-16-20-9-11-24(16)4-2)15-12-18(15)5-7-19-8-6-18/h9,11,15,19H,3-8,10,12-14H2,1-2H3. The molecule has 0 bridgehead atoms. The van der Waals surface area contributed by atoms with E-state index >= 15 is 0 Å². The minimum Gasteiger partial charge on any atom is -0.334 e. The monoisotopic (exact) mass is 358 g/mol. The van der Waals surface area contributed by atoms with Crippen molar-refractivity contribution in [1.82, 2.24) is 40.0 Å². The van der Waals surface area contributed by atoms with Crippen LogP contribution in [0.25, 0.3) is 0 Å². The average Bonchev–Trinajstić information content (AvgIpc) is 3.01. The van der Waals surface area contributed by atoms with Gasteiger partial charge in [0.05, 0.1) is 13.1 Å². The first kappa shape index (κ1) is 17.6. The zero-order chi connectivity index (χ0) is 18.0. The van der Waals surface area contributed by atoms with Crippen LogP contribution in [0.1, 0.15) is 51.2 Å². The molecule has 1 saturated heterocycles. The summed E-state index contributed by atoms with van der Waals surface area (Å²) in [5, 5.41) is 15.9. The average molecular weight is 358 g/mol. The Kier molecular flexibility index (Phi) is 5.04. The highest BCUT2D eigenvalue weighted by atomic mass is 15.5. The van der Waals surface area contributed by atoms with Gasteiger partial charge >= 0.3 is 0 Å². The Balaban J connectivity index is 1.54. The normalized spacial score (nSPS) is 21.6. The van der Waals surface area contributed by atoms with E-state index in [0.717, 1.165) is 57.3 Å². The Morgan fingerprint density at radius 2 is 2.04 bits per heavy atom. The fourth-order valence-electron chi connectivity index (χ4n) is 4.45. The maximum absolute atomic E-state index is 4.61. The number of nitrogens with one attached hydrogen (secondary N) is 1. The molecule has 8 heteroatoms. The van der Waals surface area contributed by atoms with Gasteiger partial charge in [0.1, 0.15) is 5.82 Å². The molecular weight excluding hydrogens is 328 g/mol. The van der Waals surface area contributed by atoms with E-state index in [1.54, 1.807) is 0 Å². The van der Waals surface area contributed by atoms with Gasteiger partial charge in [0, 0.05) is 31.5 Å². The summed E-state index contributed by atoms with van der Waals surface area (Å²) in [6.45, 7) is 10.1. The SMILES string of the molecule is CCCn1nnnc1CN(Cc1nccn1CC)C1CC12CCNCC2. The van der Waals surface area contributed by atoms with Crippen LogP contribution in [0.4, 0.5) is 0 Å². The second-order valence-electron chi connectivity index (χ2n) is 7.69. The first-order chi connectivity index (χ1) is 12.8. The minimum atomic E-state index is 0.484. The number of imidazole rings is 1. The molecule has 2 aromatic heterocycles. The van der Waals surface area contributed by atoms with Gasteiger partial charge in [-0.15, -0.1) is 5.10 Å².